The van der Waals surface area contributed by atoms with Crippen molar-refractivity contribution < 1.29 is 17.5 Å². The van der Waals surface area contributed by atoms with E-state index in [2.05, 4.69) is 41.5 Å². The van der Waals surface area contributed by atoms with Gasteiger partial charge in [0.2, 0.25) is 0 Å². The first kappa shape index (κ1) is 31.7. The molecule has 3 aromatic carbocycles. The van der Waals surface area contributed by atoms with Crippen molar-refractivity contribution in [2.45, 2.75) is 24.5 Å². The minimum absolute atomic E-state index is 0.0111. The number of rotatable bonds is 12. The maximum Gasteiger partial charge on any atom is 0.179 e. The Morgan fingerprint density at radius 1 is 0.978 bits per heavy atom. The molecule has 0 bridgehead atoms. The molecule has 0 saturated carbocycles. The first-order valence-electron chi connectivity index (χ1n) is 14.3. The highest BCUT2D eigenvalue weighted by molar-refractivity contribution is 9.10. The molecular weight excluding hydrogens is 691 g/mol. The van der Waals surface area contributed by atoms with Crippen molar-refractivity contribution in [3.63, 3.8) is 0 Å². The van der Waals surface area contributed by atoms with Crippen molar-refractivity contribution in [1.82, 2.24) is 25.3 Å². The van der Waals surface area contributed by atoms with E-state index >= 15 is 0 Å². The van der Waals surface area contributed by atoms with Crippen LogP contribution in [0.5, 0.6) is 5.75 Å². The zero-order valence-electron chi connectivity index (χ0n) is 24.5. The molecule has 0 radical (unpaired) electrons. The largest absolute Gasteiger partial charge is 0.488 e. The van der Waals surface area contributed by atoms with E-state index in [-0.39, 0.29) is 24.2 Å². The Labute approximate surface area is 278 Å². The first-order valence-corrected chi connectivity index (χ1v) is 17.6. The number of ether oxygens (including phenoxy) is 1. The molecule has 2 N–H and O–H groups in total. The summed E-state index contributed by atoms with van der Waals surface area (Å²) in [6.45, 7) is 2.49. The van der Waals surface area contributed by atoms with Crippen LogP contribution in [0.15, 0.2) is 106 Å². The number of sulfone groups is 1. The molecule has 0 amide bonds. The van der Waals surface area contributed by atoms with E-state index in [0.29, 0.717) is 39.9 Å². The second-order valence-electron chi connectivity index (χ2n) is 10.4. The van der Waals surface area contributed by atoms with Crippen LogP contribution in [0.25, 0.3) is 22.3 Å². The summed E-state index contributed by atoms with van der Waals surface area (Å²) in [4.78, 5) is 18.5. The fraction of sp³-hybridized carbons (Fsp3) is 0.152. The fourth-order valence-corrected chi connectivity index (χ4v) is 7.20. The summed E-state index contributed by atoms with van der Waals surface area (Å²) in [7, 11) is -3.37. The summed E-state index contributed by atoms with van der Waals surface area (Å²) in [6, 6.07) is 22.1. The summed E-state index contributed by atoms with van der Waals surface area (Å²) >= 11 is 5.05. The van der Waals surface area contributed by atoms with Gasteiger partial charge in [-0.2, -0.15) is 0 Å². The number of benzene rings is 3. The molecule has 1 atom stereocenters. The van der Waals surface area contributed by atoms with E-state index in [1.807, 2.05) is 42.6 Å². The minimum atomic E-state index is -3.37. The van der Waals surface area contributed by atoms with Gasteiger partial charge in [0.15, 0.2) is 9.84 Å². The molecule has 13 heteroatoms. The van der Waals surface area contributed by atoms with Crippen LogP contribution >= 0.6 is 27.3 Å². The summed E-state index contributed by atoms with van der Waals surface area (Å²) in [5.74, 6) is 0.901. The SMILES string of the molecule is CC(NCCS(=O)(=O)c1ccccc1)c1nc(-c2cc3c(Nc4ccc(OCc5cccc(F)c5)c(Br)c4)ncnc3cn2)cs1. The molecule has 6 rings (SSSR count). The molecule has 0 aliphatic rings. The zero-order valence-corrected chi connectivity index (χ0v) is 27.7. The highest BCUT2D eigenvalue weighted by Crippen LogP contribution is 2.32. The van der Waals surface area contributed by atoms with Gasteiger partial charge in [-0.25, -0.2) is 27.8 Å². The topological polar surface area (TPSA) is 119 Å². The molecule has 1 unspecified atom stereocenters. The Morgan fingerprint density at radius 2 is 1.83 bits per heavy atom. The van der Waals surface area contributed by atoms with E-state index in [0.717, 1.165) is 26.1 Å². The van der Waals surface area contributed by atoms with Gasteiger partial charge in [-0.1, -0.05) is 30.3 Å². The number of hydrogen-bond acceptors (Lipinski definition) is 10. The average molecular weight is 720 g/mol. The van der Waals surface area contributed by atoms with Gasteiger partial charge in [-0.05, 0) is 76.9 Å². The molecule has 0 saturated heterocycles. The second kappa shape index (κ2) is 14.0. The number of thiazole rings is 1. The smallest absolute Gasteiger partial charge is 0.179 e. The predicted octanol–water partition coefficient (Wildman–Crippen LogP) is 7.50. The third-order valence-corrected chi connectivity index (χ3v) is 10.5. The van der Waals surface area contributed by atoms with Crippen LogP contribution in [-0.2, 0) is 16.4 Å². The van der Waals surface area contributed by atoms with Crippen molar-refractivity contribution in [2.75, 3.05) is 17.6 Å². The van der Waals surface area contributed by atoms with Crippen molar-refractivity contribution in [3.8, 4) is 17.1 Å². The summed E-state index contributed by atoms with van der Waals surface area (Å²) in [5, 5.41) is 10.1. The Hall–Kier alpha value is -4.30. The molecule has 9 nitrogen and oxygen atoms in total. The molecular formula is C33H28BrFN6O3S2. The molecule has 0 aliphatic carbocycles. The van der Waals surface area contributed by atoms with Crippen molar-refractivity contribution in [3.05, 3.63) is 118 Å². The van der Waals surface area contributed by atoms with Gasteiger partial charge in [0.1, 0.15) is 35.3 Å². The van der Waals surface area contributed by atoms with Gasteiger partial charge in [-0.3, -0.25) is 4.98 Å². The third-order valence-electron chi connectivity index (χ3n) is 7.08. The van der Waals surface area contributed by atoms with E-state index in [4.69, 9.17) is 9.72 Å². The Balaban J connectivity index is 1.13. The number of pyridine rings is 1. The van der Waals surface area contributed by atoms with E-state index in [9.17, 15) is 12.8 Å². The number of nitrogens with one attached hydrogen (secondary N) is 2. The Morgan fingerprint density at radius 3 is 2.63 bits per heavy atom. The molecule has 6 aromatic rings. The van der Waals surface area contributed by atoms with Gasteiger partial charge in [-0.15, -0.1) is 11.3 Å². The van der Waals surface area contributed by atoms with E-state index < -0.39 is 9.84 Å². The highest BCUT2D eigenvalue weighted by atomic mass is 79.9. The Bertz CT molecular complexity index is 2100. The lowest BCUT2D eigenvalue weighted by molar-refractivity contribution is 0.303. The Kier molecular flexibility index (Phi) is 9.64. The number of fused-ring (bicyclic) bond motifs is 1. The van der Waals surface area contributed by atoms with E-state index in [1.165, 1.54) is 29.8 Å². The lowest BCUT2D eigenvalue weighted by Crippen LogP contribution is -2.25. The molecule has 46 heavy (non-hydrogen) atoms. The molecule has 0 aliphatic heterocycles. The monoisotopic (exact) mass is 718 g/mol. The fourth-order valence-electron chi connectivity index (χ4n) is 4.67. The number of anilines is 2. The highest BCUT2D eigenvalue weighted by Gasteiger charge is 2.17. The molecule has 0 spiro atoms. The minimum Gasteiger partial charge on any atom is -0.488 e. The summed E-state index contributed by atoms with van der Waals surface area (Å²) in [6.07, 6.45) is 3.16. The standard InChI is InChI=1S/C33H28BrFN6O3S2/c1-21(36-12-13-46(42,43)25-8-3-2-4-9-25)33-41-30(19-45-33)28-16-26-29(17-37-28)38-20-39-32(26)40-24-10-11-31(27(34)15-24)44-18-22-6-5-7-23(35)14-22/h2-11,14-17,19-21,36H,12-13,18H2,1H3,(H,38,39,40). The van der Waals surface area contributed by atoms with E-state index in [1.54, 1.807) is 42.6 Å². The summed E-state index contributed by atoms with van der Waals surface area (Å²) in [5.41, 5.74) is 3.53. The van der Waals surface area contributed by atoms with Gasteiger partial charge in [0.25, 0.3) is 0 Å². The van der Waals surface area contributed by atoms with Gasteiger partial charge >= 0.3 is 0 Å². The zero-order chi connectivity index (χ0) is 32.1. The average Bonchev–Trinajstić information content (AvgIpc) is 3.56. The molecule has 3 heterocycles. The second-order valence-corrected chi connectivity index (χ2v) is 14.2. The first-order chi connectivity index (χ1) is 22.2. The van der Waals surface area contributed by atoms with Gasteiger partial charge in [0.05, 0.1) is 44.3 Å². The lowest BCUT2D eigenvalue weighted by atomic mass is 10.2. The van der Waals surface area contributed by atoms with Crippen LogP contribution in [0.2, 0.25) is 0 Å². The van der Waals surface area contributed by atoms with Gasteiger partial charge in [0, 0.05) is 23.0 Å². The summed E-state index contributed by atoms with van der Waals surface area (Å²) < 4.78 is 45.3. The van der Waals surface area contributed by atoms with Crippen molar-refractivity contribution in [1.29, 1.82) is 0 Å². The number of hydrogen-bond donors (Lipinski definition) is 2. The van der Waals surface area contributed by atoms with Crippen LogP contribution in [0.4, 0.5) is 15.9 Å². The lowest BCUT2D eigenvalue weighted by Gasteiger charge is -2.12. The van der Waals surface area contributed by atoms with Crippen molar-refractivity contribution >= 4 is 59.5 Å². The number of aromatic nitrogens is 4. The quantitative estimate of drug-likeness (QED) is 0.133. The van der Waals surface area contributed by atoms with Crippen LogP contribution in [0, 0.1) is 5.82 Å². The molecule has 234 valence electrons. The molecule has 3 aromatic heterocycles. The van der Waals surface area contributed by atoms with Crippen LogP contribution in [-0.4, -0.2) is 40.7 Å². The molecule has 0 fully saturated rings. The van der Waals surface area contributed by atoms with Crippen molar-refractivity contribution in [2.24, 2.45) is 0 Å². The van der Waals surface area contributed by atoms with Gasteiger partial charge < -0.3 is 15.4 Å². The van der Waals surface area contributed by atoms with Crippen LogP contribution < -0.4 is 15.4 Å². The number of nitrogens with zero attached hydrogens (tertiary/aromatic N) is 4. The number of halogens is 2. The maximum absolute atomic E-state index is 13.5. The van der Waals surface area contributed by atoms with Crippen LogP contribution in [0.3, 0.4) is 0 Å². The third kappa shape index (κ3) is 7.56. The normalized spacial score (nSPS) is 12.2. The maximum atomic E-state index is 13.5. The van der Waals surface area contributed by atoms with Crippen LogP contribution in [0.1, 0.15) is 23.5 Å². The predicted molar refractivity (Wildman–Crippen MR) is 182 cm³/mol.